The van der Waals surface area contributed by atoms with Crippen LogP contribution in [0.4, 0.5) is 17.1 Å². The highest BCUT2D eigenvalue weighted by Gasteiger charge is 2.30. The van der Waals surface area contributed by atoms with E-state index in [2.05, 4.69) is 10.6 Å². The first-order chi connectivity index (χ1) is 15.3. The Kier molecular flexibility index (Phi) is 6.03. The summed E-state index contributed by atoms with van der Waals surface area (Å²) in [7, 11) is -3.68. The normalized spacial score (nSPS) is 13.4. The number of nitrogens with one attached hydrogen (secondary N) is 2. The van der Waals surface area contributed by atoms with Gasteiger partial charge in [-0.3, -0.25) is 13.9 Å². The summed E-state index contributed by atoms with van der Waals surface area (Å²) in [5, 5.41) is 6.92. The molecule has 0 fully saturated rings. The van der Waals surface area contributed by atoms with Gasteiger partial charge in [-0.15, -0.1) is 11.3 Å². The molecule has 32 heavy (non-hydrogen) atoms. The number of fused-ring (bicyclic) bond motifs is 1. The van der Waals surface area contributed by atoms with Gasteiger partial charge in [0.1, 0.15) is 4.21 Å². The van der Waals surface area contributed by atoms with E-state index in [1.54, 1.807) is 41.8 Å². The molecule has 0 spiro atoms. The smallest absolute Gasteiger partial charge is 0.314 e. The third-order valence-corrected chi connectivity index (χ3v) is 8.48. The number of rotatable bonds is 4. The largest absolute Gasteiger partial charge is 0.318 e. The monoisotopic (exact) mass is 469 g/mol. The molecule has 0 radical (unpaired) electrons. The molecular weight excluding hydrogens is 446 g/mol. The molecule has 4 rings (SSSR count). The molecule has 1 aromatic heterocycles. The van der Waals surface area contributed by atoms with E-state index in [-0.39, 0.29) is 4.21 Å². The lowest BCUT2D eigenvalue weighted by atomic mass is 10.0. The summed E-state index contributed by atoms with van der Waals surface area (Å²) in [5.41, 5.74) is 4.24. The Labute approximate surface area is 191 Å². The average molecular weight is 470 g/mol. The van der Waals surface area contributed by atoms with E-state index < -0.39 is 21.8 Å². The van der Waals surface area contributed by atoms with Gasteiger partial charge in [0.2, 0.25) is 0 Å². The van der Waals surface area contributed by atoms with E-state index >= 15 is 0 Å². The van der Waals surface area contributed by atoms with Crippen LogP contribution >= 0.6 is 11.3 Å². The number of carbonyl (C=O) groups is 2. The first kappa shape index (κ1) is 22.0. The highest BCUT2D eigenvalue weighted by molar-refractivity contribution is 7.94. The maximum Gasteiger partial charge on any atom is 0.314 e. The average Bonchev–Trinajstić information content (AvgIpc) is 3.31. The van der Waals surface area contributed by atoms with Gasteiger partial charge in [-0.2, -0.15) is 0 Å². The van der Waals surface area contributed by atoms with Gasteiger partial charge in [0.25, 0.3) is 10.0 Å². The summed E-state index contributed by atoms with van der Waals surface area (Å²) in [6, 6.07) is 13.9. The number of aryl methyl sites for hydroxylation is 3. The molecule has 166 valence electrons. The van der Waals surface area contributed by atoms with Crippen LogP contribution in [0.1, 0.15) is 23.1 Å². The van der Waals surface area contributed by atoms with E-state index in [1.165, 1.54) is 15.6 Å². The summed E-state index contributed by atoms with van der Waals surface area (Å²) in [5.74, 6) is -1.62. The summed E-state index contributed by atoms with van der Waals surface area (Å²) in [6.07, 6.45) is 1.45. The summed E-state index contributed by atoms with van der Waals surface area (Å²) in [6.45, 7) is 4.16. The van der Waals surface area contributed by atoms with Crippen LogP contribution in [-0.2, 0) is 26.0 Å². The Morgan fingerprint density at radius 3 is 2.50 bits per heavy atom. The molecule has 0 aliphatic carbocycles. The molecule has 2 aromatic carbocycles. The second-order valence-corrected chi connectivity index (χ2v) is 10.7. The fourth-order valence-corrected chi connectivity index (χ4v) is 6.35. The van der Waals surface area contributed by atoms with Gasteiger partial charge in [0.05, 0.1) is 5.69 Å². The molecule has 9 heteroatoms. The number of carbonyl (C=O) groups excluding carboxylic acids is 2. The fraction of sp³-hybridized carbons (Fsp3) is 0.217. The molecule has 2 amide bonds. The molecule has 7 nitrogen and oxygen atoms in total. The molecule has 2 heterocycles. The minimum atomic E-state index is -3.68. The minimum absolute atomic E-state index is 0.271. The molecule has 1 aliphatic heterocycles. The van der Waals surface area contributed by atoms with Crippen LogP contribution in [0.25, 0.3) is 0 Å². The lowest BCUT2D eigenvalue weighted by Gasteiger charge is -2.30. The van der Waals surface area contributed by atoms with Crippen molar-refractivity contribution in [2.24, 2.45) is 0 Å². The van der Waals surface area contributed by atoms with Crippen LogP contribution in [0.5, 0.6) is 0 Å². The SMILES string of the molecule is Cc1ccc(NC(=O)C(=O)Nc2ccc3c(c2)N(S(=O)(=O)c2cccs2)CCC3)c(C)c1. The topological polar surface area (TPSA) is 95.6 Å². The van der Waals surface area contributed by atoms with Crippen molar-refractivity contribution < 1.29 is 18.0 Å². The number of hydrogen-bond donors (Lipinski definition) is 2. The van der Waals surface area contributed by atoms with Crippen LogP contribution in [-0.4, -0.2) is 26.8 Å². The zero-order chi connectivity index (χ0) is 22.9. The predicted octanol–water partition coefficient (Wildman–Crippen LogP) is 4.08. The highest BCUT2D eigenvalue weighted by atomic mass is 32.2. The van der Waals surface area contributed by atoms with E-state index in [0.29, 0.717) is 30.0 Å². The Bertz CT molecular complexity index is 1280. The van der Waals surface area contributed by atoms with E-state index in [9.17, 15) is 18.0 Å². The molecule has 1 aliphatic rings. The van der Waals surface area contributed by atoms with Gasteiger partial charge in [0.15, 0.2) is 0 Å². The van der Waals surface area contributed by atoms with Crippen LogP contribution in [0.2, 0.25) is 0 Å². The number of benzene rings is 2. The van der Waals surface area contributed by atoms with Gasteiger partial charge in [-0.05, 0) is 67.5 Å². The molecule has 0 saturated carbocycles. The Morgan fingerprint density at radius 1 is 1.00 bits per heavy atom. The number of amides is 2. The van der Waals surface area contributed by atoms with Crippen LogP contribution in [0, 0.1) is 13.8 Å². The lowest BCUT2D eigenvalue weighted by molar-refractivity contribution is -0.133. The maximum absolute atomic E-state index is 13.1. The molecule has 0 atom stereocenters. The van der Waals surface area contributed by atoms with Crippen LogP contribution in [0.15, 0.2) is 58.1 Å². The van der Waals surface area contributed by atoms with Gasteiger partial charge in [-0.25, -0.2) is 8.42 Å². The van der Waals surface area contributed by atoms with Crippen molar-refractivity contribution in [3.8, 4) is 0 Å². The third kappa shape index (κ3) is 4.39. The van der Waals surface area contributed by atoms with Crippen LogP contribution in [0.3, 0.4) is 0 Å². The quantitative estimate of drug-likeness (QED) is 0.563. The molecule has 0 saturated heterocycles. The summed E-state index contributed by atoms with van der Waals surface area (Å²) < 4.78 is 27.8. The van der Waals surface area contributed by atoms with Crippen molar-refractivity contribution in [1.29, 1.82) is 0 Å². The van der Waals surface area contributed by atoms with E-state index in [1.807, 2.05) is 26.0 Å². The second-order valence-electron chi connectivity index (χ2n) is 7.68. The molecular formula is C23H23N3O4S2. The lowest BCUT2D eigenvalue weighted by Crippen LogP contribution is -2.35. The van der Waals surface area contributed by atoms with Crippen LogP contribution < -0.4 is 14.9 Å². The number of nitrogens with zero attached hydrogens (tertiary/aromatic N) is 1. The number of sulfonamides is 1. The van der Waals surface area contributed by atoms with Gasteiger partial charge in [-0.1, -0.05) is 29.8 Å². The maximum atomic E-state index is 13.1. The van der Waals surface area contributed by atoms with E-state index in [0.717, 1.165) is 23.1 Å². The fourth-order valence-electron chi connectivity index (χ4n) is 3.71. The molecule has 0 unspecified atom stereocenters. The van der Waals surface area contributed by atoms with Gasteiger partial charge < -0.3 is 10.6 Å². The summed E-state index contributed by atoms with van der Waals surface area (Å²) in [4.78, 5) is 24.9. The highest BCUT2D eigenvalue weighted by Crippen LogP contribution is 2.35. The van der Waals surface area contributed by atoms with Crippen molar-refractivity contribution in [2.45, 2.75) is 30.9 Å². The standard InChI is InChI=1S/C23H23N3O4S2/c1-15-7-10-19(16(2)13-15)25-23(28)22(27)24-18-9-8-17-5-3-11-26(20(17)14-18)32(29,30)21-6-4-12-31-21/h4,6-10,12-14H,3,5,11H2,1-2H3,(H,24,27)(H,25,28). The molecule has 2 N–H and O–H groups in total. The van der Waals surface area contributed by atoms with Crippen molar-refractivity contribution >= 4 is 50.2 Å². The van der Waals surface area contributed by atoms with Crippen molar-refractivity contribution in [3.05, 3.63) is 70.6 Å². The molecule has 3 aromatic rings. The van der Waals surface area contributed by atoms with Crippen molar-refractivity contribution in [2.75, 3.05) is 21.5 Å². The number of anilines is 3. The van der Waals surface area contributed by atoms with E-state index in [4.69, 9.17) is 0 Å². The third-order valence-electron chi connectivity index (χ3n) is 5.29. The van der Waals surface area contributed by atoms with Gasteiger partial charge in [0, 0.05) is 17.9 Å². The first-order valence-electron chi connectivity index (χ1n) is 10.1. The zero-order valence-electron chi connectivity index (χ0n) is 17.7. The second kappa shape index (κ2) is 8.76. The Hall–Kier alpha value is -3.17. The van der Waals surface area contributed by atoms with Crippen molar-refractivity contribution in [3.63, 3.8) is 0 Å². The number of thiophene rings is 1. The van der Waals surface area contributed by atoms with Crippen molar-refractivity contribution in [1.82, 2.24) is 0 Å². The zero-order valence-corrected chi connectivity index (χ0v) is 19.3. The Balaban J connectivity index is 1.54. The number of hydrogen-bond acceptors (Lipinski definition) is 5. The predicted molar refractivity (Wildman–Crippen MR) is 127 cm³/mol. The molecule has 0 bridgehead atoms. The first-order valence-corrected chi connectivity index (χ1v) is 12.5. The minimum Gasteiger partial charge on any atom is -0.318 e. The van der Waals surface area contributed by atoms with Gasteiger partial charge >= 0.3 is 11.8 Å². The summed E-state index contributed by atoms with van der Waals surface area (Å²) >= 11 is 1.17. The Morgan fingerprint density at radius 2 is 1.78 bits per heavy atom.